The van der Waals surface area contributed by atoms with Crippen molar-refractivity contribution in [2.45, 2.75) is 18.8 Å². The summed E-state index contributed by atoms with van der Waals surface area (Å²) < 4.78 is 5.27. The smallest absolute Gasteiger partial charge is 0.222 e. The van der Waals surface area contributed by atoms with Crippen molar-refractivity contribution in [3.63, 3.8) is 0 Å². The summed E-state index contributed by atoms with van der Waals surface area (Å²) in [6.45, 7) is 2.35. The summed E-state index contributed by atoms with van der Waals surface area (Å²) in [4.78, 5) is 38.3. The van der Waals surface area contributed by atoms with Gasteiger partial charge in [0.1, 0.15) is 0 Å². The molecule has 130 valence electrons. The van der Waals surface area contributed by atoms with E-state index in [1.165, 1.54) is 18.2 Å². The monoisotopic (exact) mass is 339 g/mol. The van der Waals surface area contributed by atoms with Crippen molar-refractivity contribution < 1.29 is 19.1 Å². The first kappa shape index (κ1) is 17.3. The molecule has 0 aromatic heterocycles. The number of ether oxygens (including phenoxy) is 1. The molecule has 1 amide bonds. The number of benzene rings is 1. The Hall–Kier alpha value is -2.53. The molecule has 3 rings (SSSR count). The predicted octanol–water partition coefficient (Wildman–Crippen LogP) is 2.04. The van der Waals surface area contributed by atoms with Gasteiger partial charge < -0.3 is 9.64 Å². The Kier molecular flexibility index (Phi) is 5.56. The van der Waals surface area contributed by atoms with E-state index in [9.17, 15) is 14.4 Å². The van der Waals surface area contributed by atoms with Gasteiger partial charge >= 0.3 is 0 Å². The Morgan fingerprint density at radius 3 is 2.52 bits per heavy atom. The van der Waals surface area contributed by atoms with Crippen molar-refractivity contribution in [3.05, 3.63) is 59.7 Å². The second-order valence-corrected chi connectivity index (χ2v) is 6.19. The molecular weight excluding hydrogens is 318 g/mol. The molecule has 1 heterocycles. The number of carbonyl (C=O) groups excluding carboxylic acids is 3. The van der Waals surface area contributed by atoms with E-state index in [2.05, 4.69) is 0 Å². The SMILES string of the molecule is O=C1C=CC(=O)C(C(CCC(=O)N2CCOCC2)c2ccccc2)=C1. The fraction of sp³-hybridized carbons (Fsp3) is 0.350. The van der Waals surface area contributed by atoms with Gasteiger partial charge in [-0.2, -0.15) is 0 Å². The van der Waals surface area contributed by atoms with Gasteiger partial charge in [0.2, 0.25) is 5.91 Å². The van der Waals surface area contributed by atoms with E-state index in [4.69, 9.17) is 4.74 Å². The Balaban J connectivity index is 1.76. The highest BCUT2D eigenvalue weighted by Gasteiger charge is 2.26. The van der Waals surface area contributed by atoms with Crippen LogP contribution in [-0.2, 0) is 19.1 Å². The molecule has 1 aromatic rings. The number of amides is 1. The summed E-state index contributed by atoms with van der Waals surface area (Å²) in [6.07, 6.45) is 4.84. The van der Waals surface area contributed by atoms with E-state index in [0.29, 0.717) is 44.7 Å². The van der Waals surface area contributed by atoms with Crippen LogP contribution in [0.3, 0.4) is 0 Å². The molecule has 1 aromatic carbocycles. The van der Waals surface area contributed by atoms with E-state index in [1.807, 2.05) is 30.3 Å². The van der Waals surface area contributed by atoms with Gasteiger partial charge in [-0.05, 0) is 30.2 Å². The maximum Gasteiger partial charge on any atom is 0.222 e. The van der Waals surface area contributed by atoms with E-state index >= 15 is 0 Å². The number of hydrogen-bond acceptors (Lipinski definition) is 4. The van der Waals surface area contributed by atoms with Crippen LogP contribution in [0.25, 0.3) is 0 Å². The maximum atomic E-state index is 12.4. The molecule has 0 saturated carbocycles. The van der Waals surface area contributed by atoms with Crippen molar-refractivity contribution in [1.82, 2.24) is 4.90 Å². The van der Waals surface area contributed by atoms with Crippen LogP contribution in [0.15, 0.2) is 54.1 Å². The second-order valence-electron chi connectivity index (χ2n) is 6.19. The molecule has 25 heavy (non-hydrogen) atoms. The van der Waals surface area contributed by atoms with E-state index in [1.54, 1.807) is 4.90 Å². The highest BCUT2D eigenvalue weighted by molar-refractivity contribution is 6.18. The zero-order valence-electron chi connectivity index (χ0n) is 14.0. The molecule has 1 fully saturated rings. The highest BCUT2D eigenvalue weighted by atomic mass is 16.5. The minimum absolute atomic E-state index is 0.0648. The first-order valence-corrected chi connectivity index (χ1v) is 8.53. The van der Waals surface area contributed by atoms with Gasteiger partial charge in [-0.15, -0.1) is 0 Å². The fourth-order valence-corrected chi connectivity index (χ4v) is 3.22. The molecule has 5 nitrogen and oxygen atoms in total. The zero-order chi connectivity index (χ0) is 17.6. The summed E-state index contributed by atoms with van der Waals surface area (Å²) in [5.74, 6) is -0.537. The van der Waals surface area contributed by atoms with Crippen molar-refractivity contribution >= 4 is 17.5 Å². The lowest BCUT2D eigenvalue weighted by Crippen LogP contribution is -2.40. The van der Waals surface area contributed by atoms with Gasteiger partial charge in [0.25, 0.3) is 0 Å². The average Bonchev–Trinajstić information content (AvgIpc) is 2.66. The quantitative estimate of drug-likeness (QED) is 0.770. The summed E-state index contributed by atoms with van der Waals surface area (Å²) in [5, 5.41) is 0. The summed E-state index contributed by atoms with van der Waals surface area (Å²) in [7, 11) is 0. The van der Waals surface area contributed by atoms with Gasteiger partial charge in [-0.1, -0.05) is 30.3 Å². The highest BCUT2D eigenvalue weighted by Crippen LogP contribution is 2.31. The van der Waals surface area contributed by atoms with Crippen LogP contribution in [-0.4, -0.2) is 48.7 Å². The Bertz CT molecular complexity index is 714. The van der Waals surface area contributed by atoms with Gasteiger partial charge in [0.05, 0.1) is 13.2 Å². The van der Waals surface area contributed by atoms with Gasteiger partial charge in [0, 0.05) is 31.0 Å². The number of carbonyl (C=O) groups is 3. The van der Waals surface area contributed by atoms with Gasteiger partial charge in [-0.3, -0.25) is 14.4 Å². The molecule has 0 N–H and O–H groups in total. The molecule has 1 atom stereocenters. The molecule has 2 aliphatic rings. The van der Waals surface area contributed by atoms with Crippen LogP contribution < -0.4 is 0 Å². The third kappa shape index (κ3) is 4.31. The molecule has 0 spiro atoms. The van der Waals surface area contributed by atoms with Gasteiger partial charge in [-0.25, -0.2) is 0 Å². The molecule has 1 aliphatic carbocycles. The largest absolute Gasteiger partial charge is 0.378 e. The fourth-order valence-electron chi connectivity index (χ4n) is 3.22. The predicted molar refractivity (Wildman–Crippen MR) is 93.1 cm³/mol. The van der Waals surface area contributed by atoms with Crippen molar-refractivity contribution in [2.75, 3.05) is 26.3 Å². The zero-order valence-corrected chi connectivity index (χ0v) is 14.0. The van der Waals surface area contributed by atoms with E-state index in [-0.39, 0.29) is 23.4 Å². The summed E-state index contributed by atoms with van der Waals surface area (Å²) in [6, 6.07) is 9.57. The first-order chi connectivity index (χ1) is 12.1. The van der Waals surface area contributed by atoms with Crippen LogP contribution in [0.1, 0.15) is 24.3 Å². The number of ketones is 2. The van der Waals surface area contributed by atoms with Crippen LogP contribution in [0.5, 0.6) is 0 Å². The van der Waals surface area contributed by atoms with Crippen molar-refractivity contribution in [2.24, 2.45) is 0 Å². The van der Waals surface area contributed by atoms with Crippen molar-refractivity contribution in [1.29, 1.82) is 0 Å². The lowest BCUT2D eigenvalue weighted by atomic mass is 9.82. The number of nitrogens with zero attached hydrogens (tertiary/aromatic N) is 1. The number of hydrogen-bond donors (Lipinski definition) is 0. The topological polar surface area (TPSA) is 63.7 Å². The minimum atomic E-state index is -0.257. The molecule has 1 unspecified atom stereocenters. The molecule has 0 bridgehead atoms. The standard InChI is InChI=1S/C20H21NO4/c22-16-6-8-19(23)18(14-16)17(15-4-2-1-3-5-15)7-9-20(24)21-10-12-25-13-11-21/h1-6,8,14,17H,7,9-13H2. The third-order valence-electron chi connectivity index (χ3n) is 4.57. The minimum Gasteiger partial charge on any atom is -0.378 e. The first-order valence-electron chi connectivity index (χ1n) is 8.53. The maximum absolute atomic E-state index is 12.4. The summed E-state index contributed by atoms with van der Waals surface area (Å²) >= 11 is 0. The molecular formula is C20H21NO4. The van der Waals surface area contributed by atoms with Gasteiger partial charge in [0.15, 0.2) is 11.6 Å². The lowest BCUT2D eigenvalue weighted by Gasteiger charge is -2.28. The van der Waals surface area contributed by atoms with Crippen LogP contribution in [0.4, 0.5) is 0 Å². The average molecular weight is 339 g/mol. The number of allylic oxidation sites excluding steroid dienone is 4. The third-order valence-corrected chi connectivity index (χ3v) is 4.57. The summed E-state index contributed by atoms with van der Waals surface area (Å²) in [5.41, 5.74) is 1.41. The Morgan fingerprint density at radius 2 is 1.80 bits per heavy atom. The lowest BCUT2D eigenvalue weighted by molar-refractivity contribution is -0.135. The molecule has 5 heteroatoms. The number of rotatable bonds is 5. The number of morpholine rings is 1. The van der Waals surface area contributed by atoms with E-state index < -0.39 is 0 Å². The van der Waals surface area contributed by atoms with Crippen molar-refractivity contribution in [3.8, 4) is 0 Å². The Morgan fingerprint density at radius 1 is 1.08 bits per heavy atom. The van der Waals surface area contributed by atoms with Crippen LogP contribution in [0, 0.1) is 0 Å². The van der Waals surface area contributed by atoms with E-state index in [0.717, 1.165) is 5.56 Å². The molecule has 1 saturated heterocycles. The molecule has 0 radical (unpaired) electrons. The Labute approximate surface area is 147 Å². The van der Waals surface area contributed by atoms with Crippen LogP contribution in [0.2, 0.25) is 0 Å². The van der Waals surface area contributed by atoms with Crippen LogP contribution >= 0.6 is 0 Å². The molecule has 1 aliphatic heterocycles. The second kappa shape index (κ2) is 8.03. The normalized spacial score (nSPS) is 18.9.